The fourth-order valence-electron chi connectivity index (χ4n) is 2.55. The first kappa shape index (κ1) is 17.8. The summed E-state index contributed by atoms with van der Waals surface area (Å²) < 4.78 is 7.88. The maximum Gasteiger partial charge on any atom is 0.210 e. The molecule has 25 heavy (non-hydrogen) atoms. The maximum absolute atomic E-state index is 6.19. The van der Waals surface area contributed by atoms with Crippen molar-refractivity contribution in [2.45, 2.75) is 24.8 Å². The van der Waals surface area contributed by atoms with Crippen LogP contribution in [0.25, 0.3) is 11.4 Å². The van der Waals surface area contributed by atoms with Crippen molar-refractivity contribution in [1.29, 1.82) is 0 Å². The van der Waals surface area contributed by atoms with Crippen LogP contribution in [0.1, 0.15) is 16.8 Å². The predicted molar refractivity (Wildman–Crippen MR) is 103 cm³/mol. The molecular formula is C17H18BrN5OS. The van der Waals surface area contributed by atoms with Crippen molar-refractivity contribution in [2.75, 3.05) is 13.0 Å². The van der Waals surface area contributed by atoms with Gasteiger partial charge in [0, 0.05) is 33.1 Å². The highest BCUT2D eigenvalue weighted by molar-refractivity contribution is 9.10. The molecule has 0 spiro atoms. The zero-order valence-corrected chi connectivity index (χ0v) is 16.6. The lowest BCUT2D eigenvalue weighted by Gasteiger charge is -2.11. The van der Waals surface area contributed by atoms with Crippen LogP contribution in [-0.4, -0.2) is 27.0 Å². The zero-order valence-electron chi connectivity index (χ0n) is 14.2. The molecule has 0 aliphatic rings. The largest absolute Gasteiger partial charge is 0.496 e. The topological polar surface area (TPSA) is 78.9 Å². The average molecular weight is 420 g/mol. The normalized spacial score (nSPS) is 10.9. The molecule has 2 heterocycles. The number of nitrogens with zero attached hydrogens (tertiary/aromatic N) is 4. The Labute approximate surface area is 158 Å². The molecule has 0 aliphatic heterocycles. The highest BCUT2D eigenvalue weighted by atomic mass is 79.9. The number of hydrogen-bond donors (Lipinski definition) is 1. The molecule has 1 aromatic carbocycles. The van der Waals surface area contributed by atoms with Crippen LogP contribution >= 0.6 is 27.7 Å². The number of aryl methyl sites for hydroxylation is 1. The molecule has 2 N–H and O–H groups in total. The number of thioether (sulfide) groups is 1. The molecule has 0 bridgehead atoms. The quantitative estimate of drug-likeness (QED) is 0.501. The third kappa shape index (κ3) is 3.50. The van der Waals surface area contributed by atoms with Crippen molar-refractivity contribution in [1.82, 2.24) is 19.9 Å². The number of rotatable bonds is 5. The van der Waals surface area contributed by atoms with E-state index >= 15 is 0 Å². The molecule has 2 aromatic heterocycles. The summed E-state index contributed by atoms with van der Waals surface area (Å²) in [6.07, 6.45) is 1.82. The Morgan fingerprint density at radius 3 is 2.72 bits per heavy atom. The van der Waals surface area contributed by atoms with Gasteiger partial charge >= 0.3 is 0 Å². The van der Waals surface area contributed by atoms with Crippen molar-refractivity contribution in [3.8, 4) is 17.1 Å². The molecular weight excluding hydrogens is 402 g/mol. The van der Waals surface area contributed by atoms with Gasteiger partial charge in [-0.15, -0.1) is 10.2 Å². The molecule has 0 saturated heterocycles. The van der Waals surface area contributed by atoms with E-state index in [0.717, 1.165) is 32.6 Å². The van der Waals surface area contributed by atoms with E-state index in [1.807, 2.05) is 44.3 Å². The highest BCUT2D eigenvalue weighted by Gasteiger charge is 2.16. The monoisotopic (exact) mass is 419 g/mol. The molecule has 0 atom stereocenters. The van der Waals surface area contributed by atoms with Crippen LogP contribution in [0.3, 0.4) is 0 Å². The Morgan fingerprint density at radius 1 is 1.24 bits per heavy atom. The molecule has 3 aromatic rings. The number of pyridine rings is 1. The number of hydrogen-bond acceptors (Lipinski definition) is 6. The molecule has 0 amide bonds. The van der Waals surface area contributed by atoms with Gasteiger partial charge in [-0.2, -0.15) is 0 Å². The van der Waals surface area contributed by atoms with Crippen LogP contribution in [0.2, 0.25) is 0 Å². The Morgan fingerprint density at radius 2 is 2.00 bits per heavy atom. The summed E-state index contributed by atoms with van der Waals surface area (Å²) in [6, 6.07) is 7.78. The van der Waals surface area contributed by atoms with E-state index in [-0.39, 0.29) is 0 Å². The van der Waals surface area contributed by atoms with Gasteiger partial charge in [0.15, 0.2) is 5.82 Å². The first-order valence-corrected chi connectivity index (χ1v) is 9.38. The van der Waals surface area contributed by atoms with Crippen LogP contribution in [0.15, 0.2) is 40.1 Å². The number of nitrogen functional groups attached to an aromatic ring is 1. The Kier molecular flexibility index (Phi) is 5.29. The second-order valence-corrected chi connectivity index (χ2v) is 7.29. The van der Waals surface area contributed by atoms with Crippen molar-refractivity contribution < 1.29 is 4.74 Å². The lowest BCUT2D eigenvalue weighted by Crippen LogP contribution is -2.12. The summed E-state index contributed by atoms with van der Waals surface area (Å²) in [5.74, 6) is 8.31. The van der Waals surface area contributed by atoms with E-state index in [2.05, 4.69) is 31.1 Å². The van der Waals surface area contributed by atoms with Gasteiger partial charge in [0.25, 0.3) is 0 Å². The Balaban J connectivity index is 1.83. The van der Waals surface area contributed by atoms with E-state index < -0.39 is 0 Å². The van der Waals surface area contributed by atoms with Crippen molar-refractivity contribution in [3.05, 3.63) is 51.8 Å². The molecule has 3 rings (SSSR count). The minimum absolute atomic E-state index is 0.612. The fraction of sp³-hybridized carbons (Fsp3) is 0.235. The third-order valence-electron chi connectivity index (χ3n) is 3.87. The lowest BCUT2D eigenvalue weighted by molar-refractivity contribution is 0.407. The standard InChI is InChI=1S/C17H18BrN5OS/c1-10-8-20-14(11(2)15(10)24-3)9-25-17-22-21-16(23(17)19)12-6-4-5-7-13(12)18/h4-8H,9,19H2,1-3H3. The van der Waals surface area contributed by atoms with E-state index in [1.54, 1.807) is 7.11 Å². The second-order valence-electron chi connectivity index (χ2n) is 5.49. The third-order valence-corrected chi connectivity index (χ3v) is 5.51. The summed E-state index contributed by atoms with van der Waals surface area (Å²) in [6.45, 7) is 3.99. The predicted octanol–water partition coefficient (Wildman–Crippen LogP) is 3.73. The summed E-state index contributed by atoms with van der Waals surface area (Å²) in [5, 5.41) is 9.06. The number of methoxy groups -OCH3 is 1. The van der Waals surface area contributed by atoms with Crippen LogP contribution in [-0.2, 0) is 5.75 Å². The summed E-state index contributed by atoms with van der Waals surface area (Å²) in [7, 11) is 1.67. The van der Waals surface area contributed by atoms with Gasteiger partial charge in [-0.05, 0) is 26.0 Å². The van der Waals surface area contributed by atoms with Gasteiger partial charge in [-0.3, -0.25) is 4.98 Å². The smallest absolute Gasteiger partial charge is 0.210 e. The van der Waals surface area contributed by atoms with Gasteiger partial charge in [0.1, 0.15) is 5.75 Å². The van der Waals surface area contributed by atoms with Crippen molar-refractivity contribution in [2.24, 2.45) is 0 Å². The van der Waals surface area contributed by atoms with Gasteiger partial charge < -0.3 is 10.6 Å². The van der Waals surface area contributed by atoms with E-state index in [9.17, 15) is 0 Å². The van der Waals surface area contributed by atoms with Crippen molar-refractivity contribution >= 4 is 27.7 Å². The van der Waals surface area contributed by atoms with Gasteiger partial charge in [-0.1, -0.05) is 39.8 Å². The number of halogens is 1. The van der Waals surface area contributed by atoms with Crippen LogP contribution in [0.5, 0.6) is 5.75 Å². The summed E-state index contributed by atoms with van der Waals surface area (Å²) >= 11 is 5.01. The fourth-order valence-corrected chi connectivity index (χ4v) is 3.89. The van der Waals surface area contributed by atoms with Gasteiger partial charge in [0.05, 0.1) is 12.8 Å². The molecule has 0 saturated carbocycles. The lowest BCUT2D eigenvalue weighted by atomic mass is 10.1. The molecule has 130 valence electrons. The van der Waals surface area contributed by atoms with E-state index in [1.165, 1.54) is 16.4 Å². The Bertz CT molecular complexity index is 912. The molecule has 6 nitrogen and oxygen atoms in total. The zero-order chi connectivity index (χ0) is 18.0. The number of ether oxygens (including phenoxy) is 1. The average Bonchev–Trinajstić information content (AvgIpc) is 2.96. The van der Waals surface area contributed by atoms with Crippen LogP contribution in [0.4, 0.5) is 0 Å². The van der Waals surface area contributed by atoms with E-state index in [0.29, 0.717) is 16.7 Å². The maximum atomic E-state index is 6.19. The molecule has 0 radical (unpaired) electrons. The number of nitrogens with two attached hydrogens (primary N) is 1. The van der Waals surface area contributed by atoms with Gasteiger partial charge in [0.2, 0.25) is 5.16 Å². The Hall–Kier alpha value is -2.06. The summed E-state index contributed by atoms with van der Waals surface area (Å²) in [5.41, 5.74) is 3.89. The van der Waals surface area contributed by atoms with Crippen LogP contribution in [0, 0.1) is 13.8 Å². The minimum Gasteiger partial charge on any atom is -0.496 e. The second kappa shape index (κ2) is 7.45. The molecule has 8 heteroatoms. The first-order chi connectivity index (χ1) is 12.0. The molecule has 0 fully saturated rings. The van der Waals surface area contributed by atoms with E-state index in [4.69, 9.17) is 10.6 Å². The SMILES string of the molecule is COc1c(C)cnc(CSc2nnc(-c3ccccc3Br)n2N)c1C. The highest BCUT2D eigenvalue weighted by Crippen LogP contribution is 2.31. The molecule has 0 aliphatic carbocycles. The number of benzene rings is 1. The van der Waals surface area contributed by atoms with Crippen molar-refractivity contribution in [3.63, 3.8) is 0 Å². The molecule has 0 unspecified atom stereocenters. The first-order valence-electron chi connectivity index (χ1n) is 7.60. The summed E-state index contributed by atoms with van der Waals surface area (Å²) in [4.78, 5) is 4.50. The van der Waals surface area contributed by atoms with Gasteiger partial charge in [-0.25, -0.2) is 4.68 Å². The van der Waals surface area contributed by atoms with Crippen LogP contribution < -0.4 is 10.6 Å². The minimum atomic E-state index is 0.612. The number of aromatic nitrogens is 4.